The predicted molar refractivity (Wildman–Crippen MR) is 77.7 cm³/mol. The van der Waals surface area contributed by atoms with Crippen molar-refractivity contribution >= 4 is 23.3 Å². The minimum atomic E-state index is -4.53. The highest BCUT2D eigenvalue weighted by atomic mass is 19.4. The van der Waals surface area contributed by atoms with Gasteiger partial charge in [-0.25, -0.2) is 4.98 Å². The Hall–Kier alpha value is -2.90. The molecule has 1 aromatic heterocycles. The van der Waals surface area contributed by atoms with E-state index in [9.17, 15) is 22.8 Å². The average Bonchev–Trinajstić information content (AvgIpc) is 2.49. The number of amides is 2. The zero-order valence-electron chi connectivity index (χ0n) is 11.9. The van der Waals surface area contributed by atoms with E-state index in [1.807, 2.05) is 0 Å². The number of hydrogen-bond acceptors (Lipinski definition) is 3. The van der Waals surface area contributed by atoms with Gasteiger partial charge in [-0.3, -0.25) is 9.59 Å². The number of aromatic nitrogens is 1. The molecular formula is C15H12F3N3O2. The summed E-state index contributed by atoms with van der Waals surface area (Å²) in [6.07, 6.45) is -3.03. The van der Waals surface area contributed by atoms with Gasteiger partial charge in [0.2, 0.25) is 0 Å². The lowest BCUT2D eigenvalue weighted by atomic mass is 10.2. The molecule has 5 nitrogen and oxygen atoms in total. The van der Waals surface area contributed by atoms with E-state index in [0.717, 1.165) is 23.8 Å². The van der Waals surface area contributed by atoms with Gasteiger partial charge in [-0.1, -0.05) is 12.1 Å². The van der Waals surface area contributed by atoms with Crippen LogP contribution in [0.4, 0.5) is 24.7 Å². The van der Waals surface area contributed by atoms with Crippen LogP contribution in [0.1, 0.15) is 11.1 Å². The molecular weight excluding hydrogens is 311 g/mol. The molecule has 0 unspecified atom stereocenters. The van der Waals surface area contributed by atoms with E-state index in [0.29, 0.717) is 0 Å². The number of alkyl halides is 3. The fourth-order valence-corrected chi connectivity index (χ4v) is 1.68. The summed E-state index contributed by atoms with van der Waals surface area (Å²) in [5, 5.41) is 4.36. The van der Waals surface area contributed by atoms with Crippen LogP contribution in [0.25, 0.3) is 0 Å². The molecule has 0 spiro atoms. The number of carbonyl (C=O) groups excluding carboxylic acids is 2. The molecule has 1 heterocycles. The van der Waals surface area contributed by atoms with Crippen molar-refractivity contribution in [3.8, 4) is 0 Å². The molecule has 8 heteroatoms. The molecule has 0 aliphatic heterocycles. The number of aryl methyl sites for hydroxylation is 1. The normalized spacial score (nSPS) is 11.0. The summed E-state index contributed by atoms with van der Waals surface area (Å²) in [6.45, 7) is 1.80. The van der Waals surface area contributed by atoms with Crippen LogP contribution in [0.3, 0.4) is 0 Å². The maximum absolute atomic E-state index is 12.6. The molecule has 120 valence electrons. The van der Waals surface area contributed by atoms with Gasteiger partial charge in [0, 0.05) is 11.9 Å². The predicted octanol–water partition coefficient (Wildman–Crippen LogP) is 2.99. The summed E-state index contributed by atoms with van der Waals surface area (Å²) in [4.78, 5) is 27.3. The van der Waals surface area contributed by atoms with Crippen molar-refractivity contribution in [3.05, 3.63) is 53.7 Å². The highest BCUT2D eigenvalue weighted by Gasteiger charge is 2.30. The second kappa shape index (κ2) is 6.47. The van der Waals surface area contributed by atoms with Gasteiger partial charge < -0.3 is 10.6 Å². The van der Waals surface area contributed by atoms with E-state index in [1.54, 1.807) is 13.0 Å². The van der Waals surface area contributed by atoms with Crippen LogP contribution in [0, 0.1) is 6.92 Å². The molecule has 0 saturated carbocycles. The number of benzene rings is 1. The molecule has 0 bridgehead atoms. The zero-order valence-corrected chi connectivity index (χ0v) is 11.9. The number of nitrogens with zero attached hydrogens (tertiary/aromatic N) is 1. The maximum Gasteiger partial charge on any atom is 0.416 e. The molecule has 2 N–H and O–H groups in total. The van der Waals surface area contributed by atoms with Crippen molar-refractivity contribution < 1.29 is 22.8 Å². The fourth-order valence-electron chi connectivity index (χ4n) is 1.68. The monoisotopic (exact) mass is 323 g/mol. The third kappa shape index (κ3) is 4.53. The third-order valence-corrected chi connectivity index (χ3v) is 2.81. The number of pyridine rings is 1. The van der Waals surface area contributed by atoms with Gasteiger partial charge in [-0.2, -0.15) is 13.2 Å². The quantitative estimate of drug-likeness (QED) is 0.835. The lowest BCUT2D eigenvalue weighted by Gasteiger charge is -2.10. The second-order valence-electron chi connectivity index (χ2n) is 4.71. The van der Waals surface area contributed by atoms with E-state index in [1.165, 1.54) is 18.3 Å². The average molecular weight is 323 g/mol. The largest absolute Gasteiger partial charge is 0.416 e. The first kappa shape index (κ1) is 16.5. The molecule has 0 aliphatic rings. The summed E-state index contributed by atoms with van der Waals surface area (Å²) >= 11 is 0. The lowest BCUT2D eigenvalue weighted by Crippen LogP contribution is -2.29. The van der Waals surface area contributed by atoms with E-state index >= 15 is 0 Å². The van der Waals surface area contributed by atoms with Crippen LogP contribution in [0.15, 0.2) is 42.6 Å². The van der Waals surface area contributed by atoms with Gasteiger partial charge in [0.15, 0.2) is 0 Å². The molecule has 2 amide bonds. The molecule has 0 radical (unpaired) electrons. The highest BCUT2D eigenvalue weighted by Crippen LogP contribution is 2.30. The number of rotatable bonds is 2. The van der Waals surface area contributed by atoms with Crippen molar-refractivity contribution in [2.75, 3.05) is 10.6 Å². The molecule has 23 heavy (non-hydrogen) atoms. The van der Waals surface area contributed by atoms with Gasteiger partial charge in [-0.15, -0.1) is 0 Å². The van der Waals surface area contributed by atoms with Crippen molar-refractivity contribution in [1.29, 1.82) is 0 Å². The van der Waals surface area contributed by atoms with E-state index in [2.05, 4.69) is 15.6 Å². The van der Waals surface area contributed by atoms with Crippen LogP contribution in [-0.4, -0.2) is 16.8 Å². The van der Waals surface area contributed by atoms with E-state index in [-0.39, 0.29) is 11.5 Å². The molecule has 0 fully saturated rings. The minimum Gasteiger partial charge on any atom is -0.318 e. The Labute approximate surface area is 129 Å². The van der Waals surface area contributed by atoms with E-state index < -0.39 is 23.6 Å². The number of anilines is 2. The topological polar surface area (TPSA) is 71.1 Å². The molecule has 0 saturated heterocycles. The Morgan fingerprint density at radius 2 is 1.74 bits per heavy atom. The first-order valence-electron chi connectivity index (χ1n) is 6.48. The SMILES string of the molecule is Cc1ccc(NC(=O)C(=O)Nc2cccc(C(F)(F)F)c2)nc1. The Balaban J connectivity index is 2.04. The summed E-state index contributed by atoms with van der Waals surface area (Å²) < 4.78 is 37.8. The molecule has 2 aromatic rings. The van der Waals surface area contributed by atoms with Crippen LogP contribution >= 0.6 is 0 Å². The zero-order chi connectivity index (χ0) is 17.0. The Morgan fingerprint density at radius 1 is 1.04 bits per heavy atom. The Kier molecular flexibility index (Phi) is 4.63. The standard InChI is InChI=1S/C15H12F3N3O2/c1-9-5-6-12(19-8-9)21-14(23)13(22)20-11-4-2-3-10(7-11)15(16,17)18/h2-8H,1H3,(H,20,22)(H,19,21,23). The van der Waals surface area contributed by atoms with Crippen LogP contribution in [0.5, 0.6) is 0 Å². The number of nitrogens with one attached hydrogen (secondary N) is 2. The van der Waals surface area contributed by atoms with Gasteiger partial charge in [-0.05, 0) is 36.8 Å². The first-order valence-corrected chi connectivity index (χ1v) is 6.48. The molecule has 2 rings (SSSR count). The second-order valence-corrected chi connectivity index (χ2v) is 4.71. The van der Waals surface area contributed by atoms with Crippen LogP contribution in [-0.2, 0) is 15.8 Å². The van der Waals surface area contributed by atoms with Gasteiger partial charge in [0.05, 0.1) is 5.56 Å². The maximum atomic E-state index is 12.6. The van der Waals surface area contributed by atoms with E-state index in [4.69, 9.17) is 0 Å². The third-order valence-electron chi connectivity index (χ3n) is 2.81. The Morgan fingerprint density at radius 3 is 2.35 bits per heavy atom. The fraction of sp³-hybridized carbons (Fsp3) is 0.133. The van der Waals surface area contributed by atoms with Crippen molar-refractivity contribution in [2.45, 2.75) is 13.1 Å². The van der Waals surface area contributed by atoms with Crippen molar-refractivity contribution in [1.82, 2.24) is 4.98 Å². The minimum absolute atomic E-state index is 0.128. The smallest absolute Gasteiger partial charge is 0.318 e. The molecule has 0 aliphatic carbocycles. The molecule has 1 aromatic carbocycles. The van der Waals surface area contributed by atoms with Crippen LogP contribution < -0.4 is 10.6 Å². The van der Waals surface area contributed by atoms with Crippen molar-refractivity contribution in [2.24, 2.45) is 0 Å². The van der Waals surface area contributed by atoms with Crippen LogP contribution in [0.2, 0.25) is 0 Å². The lowest BCUT2D eigenvalue weighted by molar-refractivity contribution is -0.137. The molecule has 0 atom stereocenters. The summed E-state index contributed by atoms with van der Waals surface area (Å²) in [5.41, 5.74) is -0.177. The van der Waals surface area contributed by atoms with Gasteiger partial charge in [0.25, 0.3) is 0 Å². The summed E-state index contributed by atoms with van der Waals surface area (Å²) in [6, 6.07) is 7.20. The number of carbonyl (C=O) groups is 2. The Bertz CT molecular complexity index is 727. The number of halogens is 3. The summed E-state index contributed by atoms with van der Waals surface area (Å²) in [7, 11) is 0. The van der Waals surface area contributed by atoms with Gasteiger partial charge >= 0.3 is 18.0 Å². The number of hydrogen-bond donors (Lipinski definition) is 2. The van der Waals surface area contributed by atoms with Crippen molar-refractivity contribution in [3.63, 3.8) is 0 Å². The summed E-state index contributed by atoms with van der Waals surface area (Å²) in [5.74, 6) is -1.95. The van der Waals surface area contributed by atoms with Gasteiger partial charge in [0.1, 0.15) is 5.82 Å². The first-order chi connectivity index (χ1) is 10.8. The highest BCUT2D eigenvalue weighted by molar-refractivity contribution is 6.43.